The number of carbonyl (C=O) groups excluding carboxylic acids is 1. The minimum atomic E-state index is -0.140. The monoisotopic (exact) mass is 314 g/mol. The van der Waals surface area contributed by atoms with Crippen LogP contribution in [0.4, 0.5) is 5.69 Å². The molecule has 5 heteroatoms. The first-order valence-corrected chi connectivity index (χ1v) is 6.59. The van der Waals surface area contributed by atoms with Crippen molar-refractivity contribution >= 4 is 27.5 Å². The van der Waals surface area contributed by atoms with Crippen molar-refractivity contribution in [2.75, 3.05) is 19.5 Å². The summed E-state index contributed by atoms with van der Waals surface area (Å²) in [6, 6.07) is 5.15. The van der Waals surface area contributed by atoms with E-state index in [-0.39, 0.29) is 11.9 Å². The lowest BCUT2D eigenvalue weighted by molar-refractivity contribution is 0.0866. The van der Waals surface area contributed by atoms with Gasteiger partial charge < -0.3 is 15.8 Å². The van der Waals surface area contributed by atoms with Crippen molar-refractivity contribution in [3.8, 4) is 0 Å². The number of methoxy groups -OCH3 is 1. The fourth-order valence-electron chi connectivity index (χ4n) is 1.58. The van der Waals surface area contributed by atoms with Crippen LogP contribution < -0.4 is 11.1 Å². The van der Waals surface area contributed by atoms with E-state index in [1.807, 2.05) is 13.8 Å². The molecular weight excluding hydrogens is 296 g/mol. The number of anilines is 1. The van der Waals surface area contributed by atoms with Crippen LogP contribution in [0, 0.1) is 5.92 Å². The zero-order chi connectivity index (χ0) is 13.7. The van der Waals surface area contributed by atoms with Crippen molar-refractivity contribution in [1.29, 1.82) is 0 Å². The summed E-state index contributed by atoms with van der Waals surface area (Å²) in [6.07, 6.45) is 0. The Bertz CT molecular complexity index is 401. The highest BCUT2D eigenvalue weighted by molar-refractivity contribution is 9.10. The highest BCUT2D eigenvalue weighted by Gasteiger charge is 2.17. The van der Waals surface area contributed by atoms with Gasteiger partial charge in [-0.15, -0.1) is 0 Å². The zero-order valence-corrected chi connectivity index (χ0v) is 12.5. The molecule has 0 heterocycles. The molecule has 0 spiro atoms. The number of carbonyl (C=O) groups is 1. The van der Waals surface area contributed by atoms with Gasteiger partial charge in [-0.3, -0.25) is 4.79 Å². The largest absolute Gasteiger partial charge is 0.399 e. The Labute approximate surface area is 116 Å². The van der Waals surface area contributed by atoms with Crippen molar-refractivity contribution in [2.24, 2.45) is 5.92 Å². The molecule has 1 aromatic rings. The summed E-state index contributed by atoms with van der Waals surface area (Å²) in [6.45, 7) is 4.57. The van der Waals surface area contributed by atoms with Crippen LogP contribution in [0.5, 0.6) is 0 Å². The van der Waals surface area contributed by atoms with Gasteiger partial charge in [-0.1, -0.05) is 29.8 Å². The molecule has 1 atom stereocenters. The number of ether oxygens (including phenoxy) is 1. The summed E-state index contributed by atoms with van der Waals surface area (Å²) in [5.74, 6) is 0.164. The van der Waals surface area contributed by atoms with Gasteiger partial charge in [0, 0.05) is 22.8 Å². The number of rotatable bonds is 5. The van der Waals surface area contributed by atoms with E-state index in [9.17, 15) is 4.79 Å². The van der Waals surface area contributed by atoms with Crippen LogP contribution in [0.1, 0.15) is 24.2 Å². The van der Waals surface area contributed by atoms with Gasteiger partial charge in [-0.2, -0.15) is 0 Å². The number of halogens is 1. The average molecular weight is 315 g/mol. The topological polar surface area (TPSA) is 64.3 Å². The quantitative estimate of drug-likeness (QED) is 0.820. The van der Waals surface area contributed by atoms with Gasteiger partial charge in [-0.05, 0) is 24.1 Å². The maximum Gasteiger partial charge on any atom is 0.251 e. The first kappa shape index (κ1) is 15.0. The van der Waals surface area contributed by atoms with E-state index in [1.54, 1.807) is 25.3 Å². The van der Waals surface area contributed by atoms with Gasteiger partial charge in [0.25, 0.3) is 5.91 Å². The number of amides is 1. The molecule has 0 saturated heterocycles. The SMILES string of the molecule is COCC(NC(=O)c1cc(N)cc(Br)c1)C(C)C. The molecule has 1 aromatic carbocycles. The molecule has 100 valence electrons. The molecule has 1 unspecified atom stereocenters. The predicted octanol–water partition coefficient (Wildman–Crippen LogP) is 2.43. The van der Waals surface area contributed by atoms with Crippen molar-refractivity contribution < 1.29 is 9.53 Å². The molecule has 3 N–H and O–H groups in total. The van der Waals surface area contributed by atoms with Crippen LogP contribution in [-0.4, -0.2) is 25.7 Å². The second-order valence-electron chi connectivity index (χ2n) is 4.55. The summed E-state index contributed by atoms with van der Waals surface area (Å²) in [7, 11) is 1.62. The van der Waals surface area contributed by atoms with Gasteiger partial charge in [0.05, 0.1) is 12.6 Å². The Hall–Kier alpha value is -1.07. The number of hydrogen-bond donors (Lipinski definition) is 2. The van der Waals surface area contributed by atoms with Crippen LogP contribution in [0.3, 0.4) is 0 Å². The fraction of sp³-hybridized carbons (Fsp3) is 0.462. The second kappa shape index (κ2) is 6.75. The van der Waals surface area contributed by atoms with E-state index in [4.69, 9.17) is 10.5 Å². The normalized spacial score (nSPS) is 12.5. The van der Waals surface area contributed by atoms with Crippen LogP contribution in [0.15, 0.2) is 22.7 Å². The molecule has 0 bridgehead atoms. The van der Waals surface area contributed by atoms with E-state index >= 15 is 0 Å². The van der Waals surface area contributed by atoms with Crippen molar-refractivity contribution in [1.82, 2.24) is 5.32 Å². The number of nitrogens with two attached hydrogens (primary N) is 1. The molecule has 0 saturated carbocycles. The van der Waals surface area contributed by atoms with Gasteiger partial charge in [0.1, 0.15) is 0 Å². The van der Waals surface area contributed by atoms with E-state index in [0.29, 0.717) is 23.8 Å². The minimum Gasteiger partial charge on any atom is -0.399 e. The van der Waals surface area contributed by atoms with E-state index < -0.39 is 0 Å². The number of benzene rings is 1. The highest BCUT2D eigenvalue weighted by Crippen LogP contribution is 2.17. The van der Waals surface area contributed by atoms with Crippen LogP contribution in [0.25, 0.3) is 0 Å². The summed E-state index contributed by atoms with van der Waals surface area (Å²) in [4.78, 5) is 12.1. The zero-order valence-electron chi connectivity index (χ0n) is 10.9. The van der Waals surface area contributed by atoms with Crippen molar-refractivity contribution in [3.63, 3.8) is 0 Å². The minimum absolute atomic E-state index is 0.0114. The van der Waals surface area contributed by atoms with Crippen LogP contribution >= 0.6 is 15.9 Å². The standard InChI is InChI=1S/C13H19BrN2O2/c1-8(2)12(7-18-3)16-13(17)9-4-10(14)6-11(15)5-9/h4-6,8,12H,7,15H2,1-3H3,(H,16,17). The second-order valence-corrected chi connectivity index (χ2v) is 5.47. The maximum atomic E-state index is 12.1. The molecule has 0 aliphatic rings. The average Bonchev–Trinajstić information content (AvgIpc) is 2.26. The lowest BCUT2D eigenvalue weighted by Gasteiger charge is -2.21. The Morgan fingerprint density at radius 1 is 1.44 bits per heavy atom. The van der Waals surface area contributed by atoms with E-state index in [2.05, 4.69) is 21.2 Å². The molecule has 0 aliphatic heterocycles. The van der Waals surface area contributed by atoms with E-state index in [1.165, 1.54) is 0 Å². The molecule has 0 aliphatic carbocycles. The lowest BCUT2D eigenvalue weighted by Crippen LogP contribution is -2.41. The highest BCUT2D eigenvalue weighted by atomic mass is 79.9. The van der Waals surface area contributed by atoms with Gasteiger partial charge in [-0.25, -0.2) is 0 Å². The predicted molar refractivity (Wildman–Crippen MR) is 76.5 cm³/mol. The molecule has 0 fully saturated rings. The molecule has 18 heavy (non-hydrogen) atoms. The van der Waals surface area contributed by atoms with Crippen molar-refractivity contribution in [2.45, 2.75) is 19.9 Å². The Morgan fingerprint density at radius 3 is 2.61 bits per heavy atom. The lowest BCUT2D eigenvalue weighted by atomic mass is 10.0. The third-order valence-electron chi connectivity index (χ3n) is 2.65. The number of nitrogens with one attached hydrogen (secondary N) is 1. The third-order valence-corrected chi connectivity index (χ3v) is 3.11. The molecule has 1 amide bonds. The summed E-state index contributed by atoms with van der Waals surface area (Å²) in [5.41, 5.74) is 6.81. The van der Waals surface area contributed by atoms with Crippen molar-refractivity contribution in [3.05, 3.63) is 28.2 Å². The Morgan fingerprint density at radius 2 is 2.11 bits per heavy atom. The Balaban J connectivity index is 2.80. The van der Waals surface area contributed by atoms with E-state index in [0.717, 1.165) is 4.47 Å². The van der Waals surface area contributed by atoms with Gasteiger partial charge >= 0.3 is 0 Å². The van der Waals surface area contributed by atoms with Gasteiger partial charge in [0.2, 0.25) is 0 Å². The summed E-state index contributed by atoms with van der Waals surface area (Å²) < 4.78 is 5.89. The number of hydrogen-bond acceptors (Lipinski definition) is 3. The number of nitrogen functional groups attached to an aromatic ring is 1. The maximum absolute atomic E-state index is 12.1. The Kier molecular flexibility index (Phi) is 5.62. The molecule has 0 radical (unpaired) electrons. The fourth-order valence-corrected chi connectivity index (χ4v) is 2.09. The van der Waals surface area contributed by atoms with Gasteiger partial charge in [0.15, 0.2) is 0 Å². The van der Waals surface area contributed by atoms with Crippen LogP contribution in [-0.2, 0) is 4.74 Å². The molecule has 0 aromatic heterocycles. The smallest absolute Gasteiger partial charge is 0.251 e. The molecule has 1 rings (SSSR count). The first-order valence-electron chi connectivity index (χ1n) is 5.80. The van der Waals surface area contributed by atoms with Crippen LogP contribution in [0.2, 0.25) is 0 Å². The summed E-state index contributed by atoms with van der Waals surface area (Å²) in [5, 5.41) is 2.95. The third kappa shape index (κ3) is 4.31. The summed E-state index contributed by atoms with van der Waals surface area (Å²) >= 11 is 3.32. The molecular formula is C13H19BrN2O2. The first-order chi connectivity index (χ1) is 8.43. The molecule has 4 nitrogen and oxygen atoms in total.